The van der Waals surface area contributed by atoms with E-state index in [1.54, 1.807) is 0 Å². The molecule has 104 valence electrons. The summed E-state index contributed by atoms with van der Waals surface area (Å²) in [7, 11) is 0. The van der Waals surface area contributed by atoms with Crippen molar-refractivity contribution in [2.24, 2.45) is 0 Å². The van der Waals surface area contributed by atoms with Crippen molar-refractivity contribution < 1.29 is 4.92 Å². The molecule has 1 N–H and O–H groups in total. The van der Waals surface area contributed by atoms with Gasteiger partial charge < -0.3 is 10.2 Å². The van der Waals surface area contributed by atoms with Gasteiger partial charge in [0.1, 0.15) is 12.4 Å². The average Bonchev–Trinajstić information content (AvgIpc) is 2.42. The van der Waals surface area contributed by atoms with Crippen LogP contribution in [0.1, 0.15) is 26.2 Å². The third-order valence-corrected chi connectivity index (χ3v) is 3.31. The molecule has 19 heavy (non-hydrogen) atoms. The molecule has 7 nitrogen and oxygen atoms in total. The summed E-state index contributed by atoms with van der Waals surface area (Å²) < 4.78 is 0. The van der Waals surface area contributed by atoms with Crippen LogP contribution in [0.25, 0.3) is 0 Å². The number of hydrogen-bond donors (Lipinski definition) is 1. The number of rotatable bonds is 5. The summed E-state index contributed by atoms with van der Waals surface area (Å²) in [5.41, 5.74) is -0.0803. The Kier molecular flexibility index (Phi) is 4.62. The van der Waals surface area contributed by atoms with Gasteiger partial charge in [-0.25, -0.2) is 9.97 Å². The summed E-state index contributed by atoms with van der Waals surface area (Å²) in [5.74, 6) is 0.472. The van der Waals surface area contributed by atoms with Crippen molar-refractivity contribution >= 4 is 11.6 Å². The second kappa shape index (κ2) is 6.42. The highest BCUT2D eigenvalue weighted by Gasteiger charge is 2.19. The van der Waals surface area contributed by atoms with Gasteiger partial charge in [0.05, 0.1) is 4.92 Å². The molecule has 7 heteroatoms. The molecule has 0 unspecified atom stereocenters. The SMILES string of the molecule is CCCN1CCC(Nc2ncc([N+](=O)[O-])cn2)CC1. The molecule has 0 radical (unpaired) electrons. The Morgan fingerprint density at radius 1 is 1.42 bits per heavy atom. The van der Waals surface area contributed by atoms with E-state index < -0.39 is 4.92 Å². The van der Waals surface area contributed by atoms with E-state index >= 15 is 0 Å². The van der Waals surface area contributed by atoms with E-state index in [0.717, 1.165) is 32.5 Å². The van der Waals surface area contributed by atoms with Crippen LogP contribution in [0, 0.1) is 10.1 Å². The van der Waals surface area contributed by atoms with E-state index in [4.69, 9.17) is 0 Å². The summed E-state index contributed by atoms with van der Waals surface area (Å²) in [6.07, 6.45) is 5.77. The predicted octanol–water partition coefficient (Wildman–Crippen LogP) is 1.67. The summed E-state index contributed by atoms with van der Waals surface area (Å²) in [4.78, 5) is 20.4. The van der Waals surface area contributed by atoms with Gasteiger partial charge in [-0.05, 0) is 25.8 Å². The van der Waals surface area contributed by atoms with E-state index in [2.05, 4.69) is 27.1 Å². The first-order valence-corrected chi connectivity index (χ1v) is 6.64. The zero-order valence-electron chi connectivity index (χ0n) is 11.1. The van der Waals surface area contributed by atoms with Crippen molar-refractivity contribution in [3.8, 4) is 0 Å². The maximum Gasteiger partial charge on any atom is 0.305 e. The molecule has 1 aromatic rings. The van der Waals surface area contributed by atoms with Crippen molar-refractivity contribution in [2.45, 2.75) is 32.2 Å². The maximum absolute atomic E-state index is 10.5. The van der Waals surface area contributed by atoms with E-state index in [0.29, 0.717) is 12.0 Å². The Morgan fingerprint density at radius 3 is 2.58 bits per heavy atom. The molecule has 1 aromatic heterocycles. The minimum atomic E-state index is -0.493. The van der Waals surface area contributed by atoms with E-state index in [9.17, 15) is 10.1 Å². The molecular formula is C12H19N5O2. The molecular weight excluding hydrogens is 246 g/mol. The van der Waals surface area contributed by atoms with Gasteiger partial charge in [-0.15, -0.1) is 0 Å². The molecule has 1 aliphatic rings. The summed E-state index contributed by atoms with van der Waals surface area (Å²) in [6.45, 7) is 5.51. The van der Waals surface area contributed by atoms with Gasteiger partial charge >= 0.3 is 5.69 Å². The Balaban J connectivity index is 1.83. The second-order valence-corrected chi connectivity index (χ2v) is 4.78. The number of anilines is 1. The third kappa shape index (κ3) is 3.85. The van der Waals surface area contributed by atoms with Crippen LogP contribution in [0.5, 0.6) is 0 Å². The molecule has 1 fully saturated rings. The molecule has 2 rings (SSSR count). The fourth-order valence-electron chi connectivity index (χ4n) is 2.29. The fraction of sp³-hybridized carbons (Fsp3) is 0.667. The highest BCUT2D eigenvalue weighted by atomic mass is 16.6. The van der Waals surface area contributed by atoms with Crippen LogP contribution in [-0.4, -0.2) is 45.5 Å². The molecule has 0 aromatic carbocycles. The quantitative estimate of drug-likeness (QED) is 0.644. The first-order valence-electron chi connectivity index (χ1n) is 6.64. The Hall–Kier alpha value is -1.76. The van der Waals surface area contributed by atoms with Crippen molar-refractivity contribution in [3.63, 3.8) is 0 Å². The normalized spacial score (nSPS) is 17.3. The first-order chi connectivity index (χ1) is 9.19. The van der Waals surface area contributed by atoms with Crippen molar-refractivity contribution in [2.75, 3.05) is 25.0 Å². The molecule has 1 aliphatic heterocycles. The maximum atomic E-state index is 10.5. The standard InChI is InChI=1S/C12H19N5O2/c1-2-5-16-6-3-10(4-7-16)15-12-13-8-11(9-14-12)17(18)19/h8-10H,2-7H2,1H3,(H,13,14,15). The lowest BCUT2D eigenvalue weighted by Crippen LogP contribution is -2.39. The molecule has 2 heterocycles. The Labute approximate surface area is 112 Å². The van der Waals surface area contributed by atoms with E-state index in [1.165, 1.54) is 18.8 Å². The second-order valence-electron chi connectivity index (χ2n) is 4.78. The van der Waals surface area contributed by atoms with Gasteiger partial charge in [0.2, 0.25) is 5.95 Å². The average molecular weight is 265 g/mol. The molecule has 0 amide bonds. The van der Waals surface area contributed by atoms with Crippen molar-refractivity contribution in [1.29, 1.82) is 0 Å². The lowest BCUT2D eigenvalue weighted by molar-refractivity contribution is -0.385. The van der Waals surface area contributed by atoms with Crippen LogP contribution in [0.4, 0.5) is 11.6 Å². The van der Waals surface area contributed by atoms with Crippen LogP contribution in [0.2, 0.25) is 0 Å². The third-order valence-electron chi connectivity index (χ3n) is 3.31. The Morgan fingerprint density at radius 2 is 2.05 bits per heavy atom. The number of nitro groups is 1. The van der Waals surface area contributed by atoms with Crippen molar-refractivity contribution in [1.82, 2.24) is 14.9 Å². The zero-order valence-corrected chi connectivity index (χ0v) is 11.1. The minimum Gasteiger partial charge on any atom is -0.351 e. The van der Waals surface area contributed by atoms with Gasteiger partial charge in [-0.3, -0.25) is 10.1 Å². The fourth-order valence-corrected chi connectivity index (χ4v) is 2.29. The van der Waals surface area contributed by atoms with Crippen LogP contribution in [0.3, 0.4) is 0 Å². The van der Waals surface area contributed by atoms with Crippen molar-refractivity contribution in [3.05, 3.63) is 22.5 Å². The lowest BCUT2D eigenvalue weighted by Gasteiger charge is -2.31. The smallest absolute Gasteiger partial charge is 0.305 e. The molecule has 0 spiro atoms. The lowest BCUT2D eigenvalue weighted by atomic mass is 10.1. The highest BCUT2D eigenvalue weighted by molar-refractivity contribution is 5.31. The predicted molar refractivity (Wildman–Crippen MR) is 72.1 cm³/mol. The van der Waals surface area contributed by atoms with Crippen LogP contribution < -0.4 is 5.32 Å². The largest absolute Gasteiger partial charge is 0.351 e. The highest BCUT2D eigenvalue weighted by Crippen LogP contribution is 2.15. The number of likely N-dealkylation sites (tertiary alicyclic amines) is 1. The van der Waals surface area contributed by atoms with Gasteiger partial charge in [-0.2, -0.15) is 0 Å². The summed E-state index contributed by atoms with van der Waals surface area (Å²) in [6, 6.07) is 0.356. The Bertz CT molecular complexity index is 415. The molecule has 0 atom stereocenters. The molecule has 1 saturated heterocycles. The summed E-state index contributed by atoms with van der Waals surface area (Å²) in [5, 5.41) is 13.7. The molecule has 0 saturated carbocycles. The van der Waals surface area contributed by atoms with Crippen LogP contribution >= 0.6 is 0 Å². The number of nitrogens with one attached hydrogen (secondary N) is 1. The first kappa shape index (κ1) is 13.7. The minimum absolute atomic E-state index is 0.0803. The van der Waals surface area contributed by atoms with E-state index in [-0.39, 0.29) is 5.69 Å². The van der Waals surface area contributed by atoms with Crippen LogP contribution in [-0.2, 0) is 0 Å². The monoisotopic (exact) mass is 265 g/mol. The molecule has 0 bridgehead atoms. The van der Waals surface area contributed by atoms with E-state index in [1.807, 2.05) is 0 Å². The number of aromatic nitrogens is 2. The number of hydrogen-bond acceptors (Lipinski definition) is 6. The zero-order chi connectivity index (χ0) is 13.7. The topological polar surface area (TPSA) is 84.2 Å². The summed E-state index contributed by atoms with van der Waals surface area (Å²) >= 11 is 0. The van der Waals surface area contributed by atoms with Gasteiger partial charge in [0, 0.05) is 19.1 Å². The van der Waals surface area contributed by atoms with Gasteiger partial charge in [0.25, 0.3) is 0 Å². The van der Waals surface area contributed by atoms with Gasteiger partial charge in [-0.1, -0.05) is 6.92 Å². The van der Waals surface area contributed by atoms with Gasteiger partial charge in [0.15, 0.2) is 0 Å². The molecule has 0 aliphatic carbocycles. The van der Waals surface area contributed by atoms with Crippen LogP contribution in [0.15, 0.2) is 12.4 Å². The number of nitrogens with zero attached hydrogens (tertiary/aromatic N) is 4. The number of piperidine rings is 1.